The molecule has 1 saturated heterocycles. The first kappa shape index (κ1) is 13.4. The number of nitrogens with zero attached hydrogens (tertiary/aromatic N) is 2. The molecule has 1 N–H and O–H groups in total. The maximum Gasteiger partial charge on any atom is 0.193 e. The molecule has 0 saturated carbocycles. The number of thiophene rings is 1. The van der Waals surface area contributed by atoms with E-state index in [0.29, 0.717) is 5.41 Å². The van der Waals surface area contributed by atoms with Crippen molar-refractivity contribution in [1.29, 1.82) is 0 Å². The summed E-state index contributed by atoms with van der Waals surface area (Å²) in [6.45, 7) is 9.87. The van der Waals surface area contributed by atoms with Crippen LogP contribution in [0.1, 0.15) is 30.0 Å². The number of aryl methyl sites for hydroxylation is 1. The number of hydrogen-bond donors (Lipinski definition) is 1. The molecule has 0 atom stereocenters. The number of hydrogen-bond acceptors (Lipinski definition) is 2. The van der Waals surface area contributed by atoms with Gasteiger partial charge in [0.1, 0.15) is 0 Å². The Morgan fingerprint density at radius 1 is 1.50 bits per heavy atom. The van der Waals surface area contributed by atoms with Crippen LogP contribution in [-0.4, -0.2) is 31.0 Å². The van der Waals surface area contributed by atoms with Crippen LogP contribution in [0.25, 0.3) is 0 Å². The summed E-state index contributed by atoms with van der Waals surface area (Å²) in [7, 11) is 1.87. The lowest BCUT2D eigenvalue weighted by atomic mass is 9.93. The maximum absolute atomic E-state index is 4.39. The molecular weight excluding hydrogens is 242 g/mol. The van der Waals surface area contributed by atoms with E-state index in [4.69, 9.17) is 0 Å². The van der Waals surface area contributed by atoms with Crippen molar-refractivity contribution in [2.45, 2.75) is 33.7 Å². The first-order valence-electron chi connectivity index (χ1n) is 6.51. The van der Waals surface area contributed by atoms with Crippen molar-refractivity contribution in [3.05, 3.63) is 21.9 Å². The molecule has 0 unspecified atom stereocenters. The number of guanidine groups is 1. The highest BCUT2D eigenvalue weighted by Gasteiger charge is 2.30. The molecule has 18 heavy (non-hydrogen) atoms. The average molecular weight is 265 g/mol. The van der Waals surface area contributed by atoms with Gasteiger partial charge in [-0.3, -0.25) is 4.99 Å². The second-order valence-corrected chi connectivity index (χ2v) is 7.12. The van der Waals surface area contributed by atoms with Crippen LogP contribution in [-0.2, 0) is 6.54 Å². The van der Waals surface area contributed by atoms with E-state index >= 15 is 0 Å². The number of rotatable bonds is 2. The number of likely N-dealkylation sites (tertiary alicyclic amines) is 1. The maximum atomic E-state index is 4.39. The minimum Gasteiger partial charge on any atom is -0.351 e. The second kappa shape index (κ2) is 5.31. The second-order valence-electron chi connectivity index (χ2n) is 5.75. The summed E-state index contributed by atoms with van der Waals surface area (Å²) >= 11 is 1.85. The van der Waals surface area contributed by atoms with Crippen molar-refractivity contribution in [3.8, 4) is 0 Å². The largest absolute Gasteiger partial charge is 0.351 e. The van der Waals surface area contributed by atoms with Crippen molar-refractivity contribution < 1.29 is 0 Å². The Bertz CT molecular complexity index is 434. The molecule has 3 nitrogen and oxygen atoms in total. The Kier molecular flexibility index (Phi) is 3.95. The van der Waals surface area contributed by atoms with E-state index in [1.54, 1.807) is 0 Å². The predicted molar refractivity (Wildman–Crippen MR) is 79.2 cm³/mol. The number of aliphatic imine (C=N–C) groups is 1. The highest BCUT2D eigenvalue weighted by molar-refractivity contribution is 7.11. The van der Waals surface area contributed by atoms with E-state index in [2.05, 4.69) is 48.1 Å². The quantitative estimate of drug-likeness (QED) is 0.658. The summed E-state index contributed by atoms with van der Waals surface area (Å²) in [5.41, 5.74) is 0.414. The molecule has 0 aromatic carbocycles. The summed E-state index contributed by atoms with van der Waals surface area (Å²) in [5, 5.41) is 3.47. The van der Waals surface area contributed by atoms with Crippen LogP contribution in [0.2, 0.25) is 0 Å². The van der Waals surface area contributed by atoms with Crippen molar-refractivity contribution in [3.63, 3.8) is 0 Å². The van der Waals surface area contributed by atoms with Crippen LogP contribution in [0.15, 0.2) is 17.1 Å². The fraction of sp³-hybridized carbons (Fsp3) is 0.643. The average Bonchev–Trinajstić information content (AvgIpc) is 2.86. The monoisotopic (exact) mass is 265 g/mol. The molecule has 1 fully saturated rings. The van der Waals surface area contributed by atoms with Gasteiger partial charge in [-0.1, -0.05) is 13.8 Å². The summed E-state index contributed by atoms with van der Waals surface area (Å²) in [6.07, 6.45) is 1.24. The molecular formula is C14H23N3S. The van der Waals surface area contributed by atoms with Gasteiger partial charge in [0.15, 0.2) is 5.96 Å². The van der Waals surface area contributed by atoms with Crippen molar-refractivity contribution in [2.75, 3.05) is 20.1 Å². The molecule has 1 aromatic rings. The van der Waals surface area contributed by atoms with Gasteiger partial charge in [-0.15, -0.1) is 11.3 Å². The summed E-state index contributed by atoms with van der Waals surface area (Å²) in [5.74, 6) is 1.03. The summed E-state index contributed by atoms with van der Waals surface area (Å²) in [4.78, 5) is 9.49. The van der Waals surface area contributed by atoms with Gasteiger partial charge >= 0.3 is 0 Å². The molecule has 4 heteroatoms. The summed E-state index contributed by atoms with van der Waals surface area (Å²) < 4.78 is 0. The van der Waals surface area contributed by atoms with Gasteiger partial charge in [-0.2, -0.15) is 0 Å². The van der Waals surface area contributed by atoms with Crippen LogP contribution >= 0.6 is 11.3 Å². The van der Waals surface area contributed by atoms with E-state index in [9.17, 15) is 0 Å². The molecule has 2 heterocycles. The molecule has 0 aliphatic carbocycles. The normalized spacial score (nSPS) is 19.3. The van der Waals surface area contributed by atoms with E-state index in [1.165, 1.54) is 16.2 Å². The van der Waals surface area contributed by atoms with E-state index in [-0.39, 0.29) is 0 Å². The third kappa shape index (κ3) is 3.25. The van der Waals surface area contributed by atoms with Gasteiger partial charge in [0.2, 0.25) is 0 Å². The van der Waals surface area contributed by atoms with Crippen LogP contribution in [0, 0.1) is 12.3 Å². The molecule has 0 amide bonds. The first-order valence-corrected chi connectivity index (χ1v) is 7.33. The van der Waals surface area contributed by atoms with E-state index in [0.717, 1.165) is 25.6 Å². The van der Waals surface area contributed by atoms with Gasteiger partial charge in [0, 0.05) is 29.9 Å². The van der Waals surface area contributed by atoms with Crippen LogP contribution in [0.3, 0.4) is 0 Å². The molecule has 0 radical (unpaired) electrons. The molecule has 1 aromatic heterocycles. The van der Waals surface area contributed by atoms with Crippen molar-refractivity contribution >= 4 is 17.3 Å². The Morgan fingerprint density at radius 3 is 2.78 bits per heavy atom. The lowest BCUT2D eigenvalue weighted by molar-refractivity contribution is 0.370. The Morgan fingerprint density at radius 2 is 2.28 bits per heavy atom. The first-order chi connectivity index (χ1) is 8.50. The topological polar surface area (TPSA) is 27.6 Å². The van der Waals surface area contributed by atoms with Gasteiger partial charge < -0.3 is 10.2 Å². The van der Waals surface area contributed by atoms with Crippen LogP contribution in [0.5, 0.6) is 0 Å². The fourth-order valence-corrected chi connectivity index (χ4v) is 3.20. The van der Waals surface area contributed by atoms with Gasteiger partial charge in [0.25, 0.3) is 0 Å². The van der Waals surface area contributed by atoms with E-state index in [1.807, 2.05) is 18.4 Å². The highest BCUT2D eigenvalue weighted by Crippen LogP contribution is 2.28. The van der Waals surface area contributed by atoms with Gasteiger partial charge in [0.05, 0.1) is 6.54 Å². The summed E-state index contributed by atoms with van der Waals surface area (Å²) in [6, 6.07) is 4.36. The molecule has 2 rings (SSSR count). The van der Waals surface area contributed by atoms with Gasteiger partial charge in [-0.05, 0) is 30.9 Å². The van der Waals surface area contributed by atoms with Crippen LogP contribution < -0.4 is 5.32 Å². The molecule has 0 spiro atoms. The Hall–Kier alpha value is -1.03. The minimum atomic E-state index is 0.414. The zero-order chi connectivity index (χ0) is 13.2. The molecule has 100 valence electrons. The predicted octanol–water partition coefficient (Wildman–Crippen LogP) is 2.86. The Balaban J connectivity index is 1.91. The van der Waals surface area contributed by atoms with E-state index < -0.39 is 0 Å². The highest BCUT2D eigenvalue weighted by atomic mass is 32.1. The third-order valence-electron chi connectivity index (χ3n) is 3.41. The third-order valence-corrected chi connectivity index (χ3v) is 4.41. The van der Waals surface area contributed by atoms with Gasteiger partial charge in [-0.25, -0.2) is 0 Å². The standard InChI is InChI=1S/C14H23N3S/c1-11-5-6-12(18-11)9-16-13(15-4)17-8-7-14(2,3)10-17/h5-6H,7-10H2,1-4H3,(H,15,16). The molecule has 1 aliphatic rings. The SMILES string of the molecule is CN=C(NCc1ccc(C)s1)N1CCC(C)(C)C1. The zero-order valence-electron chi connectivity index (χ0n) is 11.8. The minimum absolute atomic E-state index is 0.414. The zero-order valence-corrected chi connectivity index (χ0v) is 12.6. The molecule has 0 bridgehead atoms. The number of nitrogens with one attached hydrogen (secondary N) is 1. The van der Waals surface area contributed by atoms with Crippen LogP contribution in [0.4, 0.5) is 0 Å². The fourth-order valence-electron chi connectivity index (χ4n) is 2.37. The van der Waals surface area contributed by atoms with Crippen molar-refractivity contribution in [1.82, 2.24) is 10.2 Å². The lowest BCUT2D eigenvalue weighted by Gasteiger charge is -2.23. The Labute approximate surface area is 114 Å². The molecule has 1 aliphatic heterocycles. The smallest absolute Gasteiger partial charge is 0.193 e. The van der Waals surface area contributed by atoms with Crippen molar-refractivity contribution in [2.24, 2.45) is 10.4 Å². The lowest BCUT2D eigenvalue weighted by Crippen LogP contribution is -2.40.